The van der Waals surface area contributed by atoms with Gasteiger partial charge in [0.15, 0.2) is 5.58 Å². The predicted molar refractivity (Wildman–Crippen MR) is 110 cm³/mol. The number of ether oxygens (including phenoxy) is 1. The highest BCUT2D eigenvalue weighted by Gasteiger charge is 2.10. The number of amides is 1. The van der Waals surface area contributed by atoms with Crippen LogP contribution in [0.15, 0.2) is 88.1 Å². The van der Waals surface area contributed by atoms with Crippen molar-refractivity contribution in [1.82, 2.24) is 9.88 Å². The summed E-state index contributed by atoms with van der Waals surface area (Å²) >= 11 is 0. The number of benzene rings is 3. The van der Waals surface area contributed by atoms with E-state index in [0.29, 0.717) is 23.4 Å². The van der Waals surface area contributed by atoms with Crippen molar-refractivity contribution in [2.75, 3.05) is 0 Å². The van der Waals surface area contributed by atoms with Crippen LogP contribution >= 0.6 is 0 Å². The van der Waals surface area contributed by atoms with Crippen LogP contribution in [0.5, 0.6) is 11.5 Å². The number of aryl methyl sites for hydroxylation is 1. The largest absolute Gasteiger partial charge is 0.457 e. The number of nitrogens with one attached hydrogen (secondary N) is 1. The van der Waals surface area contributed by atoms with E-state index < -0.39 is 5.76 Å². The highest BCUT2D eigenvalue weighted by Crippen LogP contribution is 2.21. The molecule has 0 radical (unpaired) electrons. The van der Waals surface area contributed by atoms with E-state index in [1.54, 1.807) is 18.2 Å². The highest BCUT2D eigenvalue weighted by molar-refractivity contribution is 5.76. The first-order valence-corrected chi connectivity index (χ1v) is 9.36. The van der Waals surface area contributed by atoms with Crippen LogP contribution in [0.1, 0.15) is 12.0 Å². The van der Waals surface area contributed by atoms with Crippen LogP contribution in [-0.4, -0.2) is 10.5 Å². The van der Waals surface area contributed by atoms with Crippen molar-refractivity contribution in [3.63, 3.8) is 0 Å². The minimum Gasteiger partial charge on any atom is -0.457 e. The zero-order valence-electron chi connectivity index (χ0n) is 15.7. The standard InChI is InChI=1S/C23H20N2O4/c26-22(13-14-25-20-11-4-5-12-21(20)29-23(25)27)24-16-17-7-6-10-19(15-17)28-18-8-2-1-3-9-18/h1-12,15H,13-14,16H2,(H,24,26). The number of hydrogen-bond donors (Lipinski definition) is 1. The van der Waals surface area contributed by atoms with E-state index >= 15 is 0 Å². The Labute approximate surface area is 167 Å². The molecule has 29 heavy (non-hydrogen) atoms. The fourth-order valence-corrected chi connectivity index (χ4v) is 3.07. The number of aromatic nitrogens is 1. The number of para-hydroxylation sites is 3. The second-order valence-electron chi connectivity index (χ2n) is 6.58. The van der Waals surface area contributed by atoms with Crippen molar-refractivity contribution in [3.05, 3.63) is 95.0 Å². The zero-order chi connectivity index (χ0) is 20.1. The Morgan fingerprint density at radius 3 is 2.55 bits per heavy atom. The molecular formula is C23H20N2O4. The summed E-state index contributed by atoms with van der Waals surface area (Å²) < 4.78 is 12.5. The average molecular weight is 388 g/mol. The third-order valence-electron chi connectivity index (χ3n) is 4.50. The minimum absolute atomic E-state index is 0.142. The maximum absolute atomic E-state index is 12.2. The van der Waals surface area contributed by atoms with Crippen molar-refractivity contribution in [2.45, 2.75) is 19.5 Å². The number of oxazole rings is 1. The first kappa shape index (κ1) is 18.6. The van der Waals surface area contributed by atoms with Crippen molar-refractivity contribution in [3.8, 4) is 11.5 Å². The van der Waals surface area contributed by atoms with E-state index in [1.807, 2.05) is 60.7 Å². The second-order valence-corrected chi connectivity index (χ2v) is 6.58. The van der Waals surface area contributed by atoms with Gasteiger partial charge in [-0.05, 0) is 42.0 Å². The van der Waals surface area contributed by atoms with E-state index in [9.17, 15) is 9.59 Å². The molecule has 0 fully saturated rings. The summed E-state index contributed by atoms with van der Waals surface area (Å²) in [4.78, 5) is 24.2. The van der Waals surface area contributed by atoms with Gasteiger partial charge in [-0.15, -0.1) is 0 Å². The van der Waals surface area contributed by atoms with E-state index in [-0.39, 0.29) is 18.9 Å². The molecule has 6 heteroatoms. The molecule has 0 saturated carbocycles. The summed E-state index contributed by atoms with van der Waals surface area (Å²) in [5.41, 5.74) is 2.14. The topological polar surface area (TPSA) is 73.5 Å². The molecule has 4 aromatic rings. The van der Waals surface area contributed by atoms with Crippen molar-refractivity contribution in [2.24, 2.45) is 0 Å². The zero-order valence-corrected chi connectivity index (χ0v) is 15.7. The van der Waals surface area contributed by atoms with Gasteiger partial charge >= 0.3 is 5.76 Å². The monoisotopic (exact) mass is 388 g/mol. The van der Waals surface area contributed by atoms with Crippen LogP contribution in [-0.2, 0) is 17.9 Å². The predicted octanol–water partition coefficient (Wildman–Crippen LogP) is 4.09. The Morgan fingerprint density at radius 2 is 1.69 bits per heavy atom. The molecule has 1 N–H and O–H groups in total. The summed E-state index contributed by atoms with van der Waals surface area (Å²) in [6, 6.07) is 24.3. The molecule has 0 bridgehead atoms. The van der Waals surface area contributed by atoms with Gasteiger partial charge in [-0.2, -0.15) is 0 Å². The van der Waals surface area contributed by atoms with Crippen molar-refractivity contribution >= 4 is 17.0 Å². The lowest BCUT2D eigenvalue weighted by molar-refractivity contribution is -0.121. The molecule has 0 aliphatic rings. The molecule has 4 rings (SSSR count). The SMILES string of the molecule is O=C(CCn1c(=O)oc2ccccc21)NCc1cccc(Oc2ccccc2)c1. The molecule has 1 heterocycles. The summed E-state index contributed by atoms with van der Waals surface area (Å²) in [5, 5.41) is 2.88. The van der Waals surface area contributed by atoms with Crippen LogP contribution in [0.4, 0.5) is 0 Å². The Morgan fingerprint density at radius 1 is 0.931 bits per heavy atom. The Balaban J connectivity index is 1.33. The molecule has 146 valence electrons. The molecular weight excluding hydrogens is 368 g/mol. The molecule has 0 aliphatic heterocycles. The number of nitrogens with zero attached hydrogens (tertiary/aromatic N) is 1. The van der Waals surface area contributed by atoms with Crippen LogP contribution in [0, 0.1) is 0 Å². The molecule has 1 amide bonds. The van der Waals surface area contributed by atoms with E-state index in [4.69, 9.17) is 9.15 Å². The summed E-state index contributed by atoms with van der Waals surface area (Å²) in [6.07, 6.45) is 0.184. The lowest BCUT2D eigenvalue weighted by atomic mass is 10.2. The number of rotatable bonds is 7. The van der Waals surface area contributed by atoms with Crippen LogP contribution in [0.3, 0.4) is 0 Å². The van der Waals surface area contributed by atoms with Crippen molar-refractivity contribution < 1.29 is 13.9 Å². The second kappa shape index (κ2) is 8.48. The normalized spacial score (nSPS) is 10.8. The van der Waals surface area contributed by atoms with Crippen LogP contribution in [0.25, 0.3) is 11.1 Å². The van der Waals surface area contributed by atoms with E-state index in [0.717, 1.165) is 11.3 Å². The van der Waals surface area contributed by atoms with Crippen molar-refractivity contribution in [1.29, 1.82) is 0 Å². The Bertz CT molecular complexity index is 1180. The third kappa shape index (κ3) is 4.55. The average Bonchev–Trinajstić information content (AvgIpc) is 3.07. The summed E-state index contributed by atoms with van der Waals surface area (Å²) in [5.74, 6) is 0.868. The number of carbonyl (C=O) groups is 1. The van der Waals surface area contributed by atoms with Crippen LogP contribution in [0.2, 0.25) is 0 Å². The molecule has 1 aromatic heterocycles. The molecule has 0 unspecified atom stereocenters. The number of carbonyl (C=O) groups excluding carboxylic acids is 1. The van der Waals surface area contributed by atoms with Gasteiger partial charge in [0.25, 0.3) is 0 Å². The lowest BCUT2D eigenvalue weighted by Crippen LogP contribution is -2.25. The van der Waals surface area contributed by atoms with Gasteiger partial charge in [0.05, 0.1) is 5.52 Å². The van der Waals surface area contributed by atoms with Crippen LogP contribution < -0.4 is 15.8 Å². The number of fused-ring (bicyclic) bond motifs is 1. The lowest BCUT2D eigenvalue weighted by Gasteiger charge is -2.09. The summed E-state index contributed by atoms with van der Waals surface area (Å²) in [6.45, 7) is 0.644. The fourth-order valence-electron chi connectivity index (χ4n) is 3.07. The van der Waals surface area contributed by atoms with Gasteiger partial charge in [0.2, 0.25) is 5.91 Å². The first-order chi connectivity index (χ1) is 14.2. The van der Waals surface area contributed by atoms with E-state index in [2.05, 4.69) is 5.32 Å². The molecule has 0 spiro atoms. The van der Waals surface area contributed by atoms with Gasteiger partial charge < -0.3 is 14.5 Å². The molecule has 6 nitrogen and oxygen atoms in total. The fraction of sp³-hybridized carbons (Fsp3) is 0.130. The van der Waals surface area contributed by atoms with E-state index in [1.165, 1.54) is 4.57 Å². The first-order valence-electron chi connectivity index (χ1n) is 9.36. The Kier molecular flexibility index (Phi) is 5.42. The van der Waals surface area contributed by atoms with Gasteiger partial charge in [0.1, 0.15) is 11.5 Å². The van der Waals surface area contributed by atoms with Gasteiger partial charge in [0, 0.05) is 19.5 Å². The smallest absolute Gasteiger partial charge is 0.419 e. The Hall–Kier alpha value is -3.80. The third-order valence-corrected chi connectivity index (χ3v) is 4.50. The maximum Gasteiger partial charge on any atom is 0.419 e. The quantitative estimate of drug-likeness (QED) is 0.517. The molecule has 0 atom stereocenters. The molecule has 3 aromatic carbocycles. The number of hydrogen-bond acceptors (Lipinski definition) is 4. The maximum atomic E-state index is 12.2. The van der Waals surface area contributed by atoms with Gasteiger partial charge in [-0.1, -0.05) is 42.5 Å². The van der Waals surface area contributed by atoms with Gasteiger partial charge in [-0.25, -0.2) is 4.79 Å². The molecule has 0 aliphatic carbocycles. The minimum atomic E-state index is -0.454. The molecule has 0 saturated heterocycles. The highest BCUT2D eigenvalue weighted by atomic mass is 16.5. The van der Waals surface area contributed by atoms with Gasteiger partial charge in [-0.3, -0.25) is 9.36 Å². The summed E-state index contributed by atoms with van der Waals surface area (Å²) in [7, 11) is 0.